The number of carboxylic acids is 1. The van der Waals surface area contributed by atoms with Crippen LogP contribution < -0.4 is 10.1 Å². The van der Waals surface area contributed by atoms with Crippen LogP contribution in [0.15, 0.2) is 48.5 Å². The van der Waals surface area contributed by atoms with Crippen LogP contribution in [0.3, 0.4) is 0 Å². The zero-order valence-electron chi connectivity index (χ0n) is 14.6. The number of rotatable bonds is 9. The Morgan fingerprint density at radius 1 is 1.12 bits per heavy atom. The Bertz CT molecular complexity index is 749. The van der Waals surface area contributed by atoms with Gasteiger partial charge >= 0.3 is 5.97 Å². The van der Waals surface area contributed by atoms with Gasteiger partial charge < -0.3 is 15.2 Å². The normalized spacial score (nSPS) is 11.6. The van der Waals surface area contributed by atoms with Crippen LogP contribution in [0, 0.1) is 5.82 Å². The summed E-state index contributed by atoms with van der Waals surface area (Å²) in [6.45, 7) is 0. The number of hydrogen-bond donors (Lipinski definition) is 2. The van der Waals surface area contributed by atoms with Crippen molar-refractivity contribution in [3.05, 3.63) is 65.5 Å². The molecule has 2 N–H and O–H groups in total. The van der Waals surface area contributed by atoms with Crippen LogP contribution in [0.2, 0.25) is 0 Å². The Morgan fingerprint density at radius 2 is 1.85 bits per heavy atom. The first kappa shape index (κ1) is 19.4. The summed E-state index contributed by atoms with van der Waals surface area (Å²) >= 11 is 0. The Balaban J connectivity index is 1.99. The molecule has 0 saturated heterocycles. The molecule has 0 aliphatic carbocycles. The van der Waals surface area contributed by atoms with Crippen LogP contribution in [-0.4, -0.2) is 24.1 Å². The highest BCUT2D eigenvalue weighted by molar-refractivity contribution is 5.77. The number of hydrogen-bond acceptors (Lipinski definition) is 3. The van der Waals surface area contributed by atoms with E-state index < -0.39 is 17.8 Å². The van der Waals surface area contributed by atoms with Crippen molar-refractivity contribution < 1.29 is 23.8 Å². The number of methoxy groups -OCH3 is 1. The smallest absolute Gasteiger partial charge is 0.303 e. The van der Waals surface area contributed by atoms with Crippen LogP contribution in [-0.2, 0) is 16.0 Å². The molecule has 2 rings (SSSR count). The zero-order chi connectivity index (χ0) is 18.9. The number of nitrogens with one attached hydrogen (secondary N) is 1. The van der Waals surface area contributed by atoms with E-state index in [1.54, 1.807) is 12.1 Å². The molecule has 0 aromatic heterocycles. The molecule has 0 aliphatic heterocycles. The number of aliphatic carboxylic acids is 1. The summed E-state index contributed by atoms with van der Waals surface area (Å²) in [6, 6.07) is 13.6. The van der Waals surface area contributed by atoms with E-state index in [1.165, 1.54) is 13.2 Å². The minimum Gasteiger partial charge on any atom is -0.494 e. The standard InChI is InChI=1S/C20H22FNO4/c1-26-17-9-5-8-15(20(17)21)10-12-18(23)22-16(11-13-19(24)25)14-6-3-2-4-7-14/h2-9,16H,10-13H2,1H3,(H,22,23)(H,24,25). The monoisotopic (exact) mass is 359 g/mol. The zero-order valence-corrected chi connectivity index (χ0v) is 14.6. The third-order valence-electron chi connectivity index (χ3n) is 4.07. The van der Waals surface area contributed by atoms with Crippen molar-refractivity contribution in [2.45, 2.75) is 31.7 Å². The van der Waals surface area contributed by atoms with Crippen LogP contribution in [0.1, 0.15) is 36.4 Å². The molecule has 0 aliphatic rings. The van der Waals surface area contributed by atoms with Crippen molar-refractivity contribution in [2.75, 3.05) is 7.11 Å². The highest BCUT2D eigenvalue weighted by atomic mass is 19.1. The van der Waals surface area contributed by atoms with Crippen molar-refractivity contribution in [2.24, 2.45) is 0 Å². The van der Waals surface area contributed by atoms with Gasteiger partial charge in [-0.25, -0.2) is 4.39 Å². The molecule has 1 unspecified atom stereocenters. The number of halogens is 1. The maximum atomic E-state index is 14.1. The molecule has 0 heterocycles. The topological polar surface area (TPSA) is 75.6 Å². The van der Waals surface area contributed by atoms with Crippen molar-refractivity contribution in [3.8, 4) is 5.75 Å². The summed E-state index contributed by atoms with van der Waals surface area (Å²) in [5.74, 6) is -1.50. The van der Waals surface area contributed by atoms with Gasteiger partial charge in [0, 0.05) is 12.8 Å². The fourth-order valence-corrected chi connectivity index (χ4v) is 2.70. The fourth-order valence-electron chi connectivity index (χ4n) is 2.70. The van der Waals surface area contributed by atoms with Crippen LogP contribution in [0.4, 0.5) is 4.39 Å². The molecule has 2 aromatic rings. The SMILES string of the molecule is COc1cccc(CCC(=O)NC(CCC(=O)O)c2ccccc2)c1F. The number of aryl methyl sites for hydroxylation is 1. The third-order valence-corrected chi connectivity index (χ3v) is 4.07. The molecule has 1 atom stereocenters. The third kappa shape index (κ3) is 5.58. The van der Waals surface area contributed by atoms with Crippen LogP contribution >= 0.6 is 0 Å². The second kappa shape index (κ2) is 9.56. The molecule has 0 bridgehead atoms. The fraction of sp³-hybridized carbons (Fsp3) is 0.300. The summed E-state index contributed by atoms with van der Waals surface area (Å²) in [6.07, 6.45) is 0.568. The van der Waals surface area contributed by atoms with Gasteiger partial charge in [-0.2, -0.15) is 0 Å². The predicted octanol–water partition coefficient (Wildman–Crippen LogP) is 3.49. The molecule has 6 heteroatoms. The molecule has 0 spiro atoms. The predicted molar refractivity (Wildman–Crippen MR) is 95.5 cm³/mol. The van der Waals surface area contributed by atoms with Crippen molar-refractivity contribution in [1.82, 2.24) is 5.32 Å². The number of carbonyl (C=O) groups is 2. The lowest BCUT2D eigenvalue weighted by Gasteiger charge is -2.18. The van der Waals surface area contributed by atoms with E-state index in [0.717, 1.165) is 5.56 Å². The highest BCUT2D eigenvalue weighted by Crippen LogP contribution is 2.22. The number of benzene rings is 2. The molecule has 0 radical (unpaired) electrons. The van der Waals surface area contributed by atoms with E-state index in [2.05, 4.69) is 5.32 Å². The molecule has 0 fully saturated rings. The van der Waals surface area contributed by atoms with E-state index in [-0.39, 0.29) is 30.9 Å². The quantitative estimate of drug-likeness (QED) is 0.719. The summed E-state index contributed by atoms with van der Waals surface area (Å²) in [5, 5.41) is 11.8. The van der Waals surface area contributed by atoms with Crippen molar-refractivity contribution in [1.29, 1.82) is 0 Å². The molecule has 5 nitrogen and oxygen atoms in total. The van der Waals surface area contributed by atoms with Crippen LogP contribution in [0.5, 0.6) is 5.75 Å². The summed E-state index contributed by atoms with van der Waals surface area (Å²) in [4.78, 5) is 23.2. The Morgan fingerprint density at radius 3 is 2.50 bits per heavy atom. The summed E-state index contributed by atoms with van der Waals surface area (Å²) in [7, 11) is 1.39. The van der Waals surface area contributed by atoms with Gasteiger partial charge in [-0.1, -0.05) is 42.5 Å². The highest BCUT2D eigenvalue weighted by Gasteiger charge is 2.17. The summed E-state index contributed by atoms with van der Waals surface area (Å²) < 4.78 is 19.1. The lowest BCUT2D eigenvalue weighted by Crippen LogP contribution is -2.29. The van der Waals surface area contributed by atoms with Gasteiger partial charge in [-0.15, -0.1) is 0 Å². The molecule has 138 valence electrons. The van der Waals surface area contributed by atoms with Gasteiger partial charge in [-0.05, 0) is 30.0 Å². The van der Waals surface area contributed by atoms with E-state index >= 15 is 0 Å². The average molecular weight is 359 g/mol. The van der Waals surface area contributed by atoms with E-state index in [0.29, 0.717) is 12.0 Å². The van der Waals surface area contributed by atoms with Gasteiger partial charge in [0.15, 0.2) is 11.6 Å². The maximum absolute atomic E-state index is 14.1. The average Bonchev–Trinajstić information content (AvgIpc) is 2.64. The lowest BCUT2D eigenvalue weighted by molar-refractivity contribution is -0.137. The largest absolute Gasteiger partial charge is 0.494 e. The van der Waals surface area contributed by atoms with Gasteiger partial charge in [0.05, 0.1) is 13.2 Å². The first-order valence-corrected chi connectivity index (χ1v) is 8.38. The molecular formula is C20H22FNO4. The van der Waals surface area contributed by atoms with Gasteiger partial charge in [0.1, 0.15) is 0 Å². The molecule has 1 amide bonds. The first-order chi connectivity index (χ1) is 12.5. The number of ether oxygens (including phenoxy) is 1. The summed E-state index contributed by atoms with van der Waals surface area (Å²) in [5.41, 5.74) is 1.25. The van der Waals surface area contributed by atoms with Crippen molar-refractivity contribution >= 4 is 11.9 Å². The second-order valence-corrected chi connectivity index (χ2v) is 5.90. The number of amides is 1. The number of carbonyl (C=O) groups excluding carboxylic acids is 1. The van der Waals surface area contributed by atoms with E-state index in [9.17, 15) is 14.0 Å². The van der Waals surface area contributed by atoms with Gasteiger partial charge in [-0.3, -0.25) is 9.59 Å². The van der Waals surface area contributed by atoms with E-state index in [4.69, 9.17) is 9.84 Å². The van der Waals surface area contributed by atoms with Crippen LogP contribution in [0.25, 0.3) is 0 Å². The molecular weight excluding hydrogens is 337 g/mol. The Labute approximate surface area is 151 Å². The first-order valence-electron chi connectivity index (χ1n) is 8.38. The molecule has 26 heavy (non-hydrogen) atoms. The minimum atomic E-state index is -0.918. The van der Waals surface area contributed by atoms with E-state index in [1.807, 2.05) is 30.3 Å². The molecule has 2 aromatic carbocycles. The lowest BCUT2D eigenvalue weighted by atomic mass is 10.0. The Hall–Kier alpha value is -2.89. The Kier molecular flexibility index (Phi) is 7.14. The van der Waals surface area contributed by atoms with Gasteiger partial charge in [0.25, 0.3) is 0 Å². The second-order valence-electron chi connectivity index (χ2n) is 5.90. The molecule has 0 saturated carbocycles. The number of carboxylic acid groups (broad SMARTS) is 1. The maximum Gasteiger partial charge on any atom is 0.303 e. The minimum absolute atomic E-state index is 0.0512. The van der Waals surface area contributed by atoms with Gasteiger partial charge in [0.2, 0.25) is 5.91 Å². The van der Waals surface area contributed by atoms with Crippen molar-refractivity contribution in [3.63, 3.8) is 0 Å².